The van der Waals surface area contributed by atoms with Gasteiger partial charge in [-0.05, 0) is 12.1 Å². The van der Waals surface area contributed by atoms with E-state index in [2.05, 4.69) is 19.8 Å². The second-order valence-electron chi connectivity index (χ2n) is 3.47. The highest BCUT2D eigenvalue weighted by molar-refractivity contribution is 5.18. The first-order chi connectivity index (χ1) is 6.15. The van der Waals surface area contributed by atoms with Gasteiger partial charge in [-0.3, -0.25) is 0 Å². The van der Waals surface area contributed by atoms with Gasteiger partial charge in [0.2, 0.25) is 0 Å². The Morgan fingerprint density at radius 2 is 2.15 bits per heavy atom. The maximum absolute atomic E-state index is 12.9. The quantitative estimate of drug-likeness (QED) is 0.620. The van der Waals surface area contributed by atoms with Crippen LogP contribution in [0.15, 0.2) is 24.3 Å². The number of halogens is 1. The number of nitrogens with one attached hydrogen (secondary N) is 1. The topological polar surface area (TPSA) is 32.1 Å². The van der Waals surface area contributed by atoms with E-state index in [0.29, 0.717) is 0 Å². The van der Waals surface area contributed by atoms with Gasteiger partial charge in [-0.25, -0.2) is 4.39 Å². The van der Waals surface area contributed by atoms with Crippen LogP contribution in [-0.2, 0) is 0 Å². The minimum atomic E-state index is -0.169. The second kappa shape index (κ2) is 4.35. The molecule has 0 aliphatic carbocycles. The lowest BCUT2D eigenvalue weighted by Gasteiger charge is -2.18. The lowest BCUT2D eigenvalue weighted by molar-refractivity contribution is -0.899. The van der Waals surface area contributed by atoms with Gasteiger partial charge in [-0.15, -0.1) is 0 Å². The molecule has 4 N–H and O–H groups in total. The summed E-state index contributed by atoms with van der Waals surface area (Å²) in [6.07, 6.45) is 0. The third kappa shape index (κ3) is 2.50. The van der Waals surface area contributed by atoms with Crippen LogP contribution >= 0.6 is 0 Å². The van der Waals surface area contributed by atoms with Gasteiger partial charge in [-0.1, -0.05) is 12.1 Å². The van der Waals surface area contributed by atoms with Crippen LogP contribution in [0, 0.1) is 5.82 Å². The van der Waals surface area contributed by atoms with Crippen LogP contribution in [0.5, 0.6) is 0 Å². The third-order valence-corrected chi connectivity index (χ3v) is 2.24. The van der Waals surface area contributed by atoms with E-state index in [-0.39, 0.29) is 11.9 Å². The minimum absolute atomic E-state index is 0.169. The predicted octanol–water partition coefficient (Wildman–Crippen LogP) is -0.747. The van der Waals surface area contributed by atoms with Crippen LogP contribution in [0.2, 0.25) is 0 Å². The number of hydrogen-bond acceptors (Lipinski definition) is 0. The summed E-state index contributed by atoms with van der Waals surface area (Å²) in [4.78, 5) is 1.28. The Balaban J connectivity index is 2.91. The van der Waals surface area contributed by atoms with E-state index in [1.165, 1.54) is 11.0 Å². The lowest BCUT2D eigenvalue weighted by Crippen LogP contribution is -3.07. The Kier molecular flexibility index (Phi) is 3.39. The summed E-state index contributed by atoms with van der Waals surface area (Å²) in [6, 6.07) is 7.04. The molecule has 0 aliphatic heterocycles. The molecule has 2 nitrogen and oxygen atoms in total. The number of rotatable bonds is 3. The van der Waals surface area contributed by atoms with E-state index in [9.17, 15) is 4.39 Å². The molecular weight excluding hydrogens is 167 g/mol. The molecule has 1 rings (SSSR count). The zero-order chi connectivity index (χ0) is 9.84. The van der Waals surface area contributed by atoms with Crippen LogP contribution in [-0.4, -0.2) is 20.6 Å². The Morgan fingerprint density at radius 3 is 2.62 bits per heavy atom. The molecule has 72 valence electrons. The zero-order valence-electron chi connectivity index (χ0n) is 8.18. The van der Waals surface area contributed by atoms with Crippen molar-refractivity contribution in [3.8, 4) is 0 Å². The molecule has 0 fully saturated rings. The van der Waals surface area contributed by atoms with Crippen molar-refractivity contribution in [2.45, 2.75) is 6.04 Å². The SMILES string of the molecule is C[NH+](C)[C@@H](C[NH3+])c1cccc(F)c1. The predicted molar refractivity (Wildman–Crippen MR) is 49.7 cm³/mol. The molecule has 1 atom stereocenters. The lowest BCUT2D eigenvalue weighted by atomic mass is 10.1. The fourth-order valence-electron chi connectivity index (χ4n) is 1.51. The second-order valence-corrected chi connectivity index (χ2v) is 3.47. The van der Waals surface area contributed by atoms with Crippen LogP contribution in [0.1, 0.15) is 11.6 Å². The molecular formula is C10H17FN2+2. The van der Waals surface area contributed by atoms with Crippen LogP contribution in [0.3, 0.4) is 0 Å². The van der Waals surface area contributed by atoms with Gasteiger partial charge in [0.15, 0.2) is 6.04 Å². The van der Waals surface area contributed by atoms with E-state index < -0.39 is 0 Å². The van der Waals surface area contributed by atoms with Crippen molar-refractivity contribution in [3.05, 3.63) is 35.6 Å². The minimum Gasteiger partial charge on any atom is -0.352 e. The molecule has 0 saturated carbocycles. The molecule has 1 aromatic rings. The van der Waals surface area contributed by atoms with Crippen LogP contribution in [0.4, 0.5) is 4.39 Å². The van der Waals surface area contributed by atoms with Gasteiger partial charge in [0.25, 0.3) is 0 Å². The molecule has 0 aromatic heterocycles. The van der Waals surface area contributed by atoms with Crippen molar-refractivity contribution in [2.24, 2.45) is 0 Å². The maximum atomic E-state index is 12.9. The number of hydrogen-bond donors (Lipinski definition) is 2. The van der Waals surface area contributed by atoms with Crippen molar-refractivity contribution < 1.29 is 15.0 Å². The molecule has 3 heteroatoms. The van der Waals surface area contributed by atoms with Crippen molar-refractivity contribution in [2.75, 3.05) is 20.6 Å². The summed E-state index contributed by atoms with van der Waals surface area (Å²) in [5.41, 5.74) is 4.89. The molecule has 0 bridgehead atoms. The van der Waals surface area contributed by atoms with Crippen molar-refractivity contribution in [3.63, 3.8) is 0 Å². The maximum Gasteiger partial charge on any atom is 0.162 e. The molecule has 0 radical (unpaired) electrons. The summed E-state index contributed by atoms with van der Waals surface area (Å²) in [7, 11) is 4.11. The normalized spacial score (nSPS) is 13.3. The van der Waals surface area contributed by atoms with E-state index in [1.54, 1.807) is 12.1 Å². The first kappa shape index (κ1) is 10.2. The first-order valence-corrected chi connectivity index (χ1v) is 4.50. The molecule has 0 amide bonds. The fraction of sp³-hybridized carbons (Fsp3) is 0.400. The van der Waals surface area contributed by atoms with Gasteiger partial charge in [0.1, 0.15) is 12.4 Å². The summed E-state index contributed by atoms with van der Waals surface area (Å²) >= 11 is 0. The summed E-state index contributed by atoms with van der Waals surface area (Å²) in [5, 5.41) is 0. The highest BCUT2D eigenvalue weighted by atomic mass is 19.1. The van der Waals surface area contributed by atoms with E-state index >= 15 is 0 Å². The monoisotopic (exact) mass is 184 g/mol. The van der Waals surface area contributed by atoms with Gasteiger partial charge in [-0.2, -0.15) is 0 Å². The smallest absolute Gasteiger partial charge is 0.162 e. The van der Waals surface area contributed by atoms with Crippen molar-refractivity contribution in [1.29, 1.82) is 0 Å². The molecule has 13 heavy (non-hydrogen) atoms. The highest BCUT2D eigenvalue weighted by Gasteiger charge is 2.17. The van der Waals surface area contributed by atoms with Crippen LogP contribution in [0.25, 0.3) is 0 Å². The summed E-state index contributed by atoms with van der Waals surface area (Å²) in [5.74, 6) is -0.169. The summed E-state index contributed by atoms with van der Waals surface area (Å²) < 4.78 is 12.9. The number of quaternary nitrogens is 2. The third-order valence-electron chi connectivity index (χ3n) is 2.24. The Hall–Kier alpha value is -0.930. The van der Waals surface area contributed by atoms with Gasteiger partial charge < -0.3 is 10.6 Å². The molecule has 0 heterocycles. The van der Waals surface area contributed by atoms with E-state index in [1.807, 2.05) is 6.07 Å². The molecule has 1 aromatic carbocycles. The summed E-state index contributed by atoms with van der Waals surface area (Å²) in [6.45, 7) is 0.784. The number of likely N-dealkylation sites (N-methyl/N-ethyl adjacent to an activating group) is 1. The highest BCUT2D eigenvalue weighted by Crippen LogP contribution is 2.09. The average Bonchev–Trinajstić information content (AvgIpc) is 2.04. The Morgan fingerprint density at radius 1 is 1.46 bits per heavy atom. The molecule has 0 spiro atoms. The molecule has 0 unspecified atom stereocenters. The Labute approximate surface area is 78.2 Å². The largest absolute Gasteiger partial charge is 0.352 e. The average molecular weight is 184 g/mol. The van der Waals surface area contributed by atoms with Gasteiger partial charge >= 0.3 is 0 Å². The van der Waals surface area contributed by atoms with Crippen molar-refractivity contribution >= 4 is 0 Å². The van der Waals surface area contributed by atoms with Crippen molar-refractivity contribution in [1.82, 2.24) is 0 Å². The van der Waals surface area contributed by atoms with Gasteiger partial charge in [0, 0.05) is 5.56 Å². The first-order valence-electron chi connectivity index (χ1n) is 4.50. The zero-order valence-corrected chi connectivity index (χ0v) is 8.18. The number of benzene rings is 1. The van der Waals surface area contributed by atoms with Crippen LogP contribution < -0.4 is 10.6 Å². The molecule has 0 saturated heterocycles. The van der Waals surface area contributed by atoms with Gasteiger partial charge in [0.05, 0.1) is 14.1 Å². The Bertz CT molecular complexity index is 273. The van der Waals surface area contributed by atoms with E-state index in [4.69, 9.17) is 0 Å². The molecule has 0 aliphatic rings. The standard InChI is InChI=1S/C10H15FN2/c1-13(2)10(7-12)8-4-3-5-9(11)6-8/h3-6,10H,7,12H2,1-2H3/p+2/t10-/m0/s1. The fourth-order valence-corrected chi connectivity index (χ4v) is 1.51. The van der Waals surface area contributed by atoms with E-state index in [0.717, 1.165) is 12.1 Å².